The first-order valence-corrected chi connectivity index (χ1v) is 4.63. The maximum absolute atomic E-state index is 10.9. The Hall–Kier alpha value is -0.390. The number of allylic oxidation sites excluding steroid dienone is 1. The van der Waals surface area contributed by atoms with E-state index >= 15 is 0 Å². The van der Waals surface area contributed by atoms with Crippen molar-refractivity contribution in [3.8, 4) is 0 Å². The minimum Gasteiger partial charge on any atom is -1.00 e. The number of carbonyl (C=O) groups is 1. The van der Waals surface area contributed by atoms with Gasteiger partial charge in [-0.2, -0.15) is 0 Å². The molecule has 0 spiro atoms. The Kier molecular flexibility index (Phi) is 8.90. The van der Waals surface area contributed by atoms with E-state index < -0.39 is 12.1 Å². The molecule has 0 saturated carbocycles. The van der Waals surface area contributed by atoms with Crippen LogP contribution in [0.3, 0.4) is 0 Å². The molecule has 0 aliphatic rings. The molecular formula is C10H20BrNO3. The predicted octanol–water partition coefficient (Wildman–Crippen LogP) is -2.82. The van der Waals surface area contributed by atoms with Crippen molar-refractivity contribution in [2.75, 3.05) is 34.3 Å². The Morgan fingerprint density at radius 1 is 1.47 bits per heavy atom. The molecule has 0 rings (SSSR count). The molecule has 0 radical (unpaired) electrons. The van der Waals surface area contributed by atoms with Crippen LogP contribution >= 0.6 is 0 Å². The fourth-order valence-corrected chi connectivity index (χ4v) is 1.05. The number of quaternary nitrogens is 1. The Labute approximate surface area is 102 Å². The molecule has 0 heterocycles. The molecule has 0 saturated heterocycles. The zero-order valence-electron chi connectivity index (χ0n) is 9.74. The lowest BCUT2D eigenvalue weighted by Crippen LogP contribution is -3.00. The van der Waals surface area contributed by atoms with E-state index in [2.05, 4.69) is 0 Å². The summed E-state index contributed by atoms with van der Waals surface area (Å²) in [6.45, 7) is 2.35. The quantitative estimate of drug-likeness (QED) is 0.336. The van der Waals surface area contributed by atoms with Gasteiger partial charge in [-0.05, 0) is 6.92 Å². The SMILES string of the molecule is CC=CC(=O)OCC(O)C[N+](C)(C)C.[Br-]. The van der Waals surface area contributed by atoms with E-state index in [9.17, 15) is 9.90 Å². The molecule has 0 aromatic carbocycles. The van der Waals surface area contributed by atoms with Gasteiger partial charge in [0.2, 0.25) is 0 Å². The molecule has 0 amide bonds. The zero-order valence-corrected chi connectivity index (χ0v) is 11.3. The number of halogens is 1. The van der Waals surface area contributed by atoms with Crippen LogP contribution in [0.1, 0.15) is 6.92 Å². The van der Waals surface area contributed by atoms with E-state index in [1.807, 2.05) is 21.1 Å². The number of hydrogen-bond donors (Lipinski definition) is 1. The van der Waals surface area contributed by atoms with E-state index in [1.54, 1.807) is 13.0 Å². The average molecular weight is 282 g/mol. The molecule has 1 N–H and O–H groups in total. The van der Waals surface area contributed by atoms with Gasteiger partial charge in [-0.3, -0.25) is 0 Å². The Balaban J connectivity index is 0. The lowest BCUT2D eigenvalue weighted by atomic mass is 10.3. The van der Waals surface area contributed by atoms with E-state index in [4.69, 9.17) is 4.74 Å². The summed E-state index contributed by atoms with van der Waals surface area (Å²) in [7, 11) is 5.91. The second-order valence-electron chi connectivity index (χ2n) is 4.26. The number of nitrogens with zero attached hydrogens (tertiary/aromatic N) is 1. The summed E-state index contributed by atoms with van der Waals surface area (Å²) in [6, 6.07) is 0. The van der Waals surface area contributed by atoms with Crippen LogP contribution in [0.5, 0.6) is 0 Å². The molecule has 0 aromatic heterocycles. The van der Waals surface area contributed by atoms with Gasteiger partial charge in [-0.1, -0.05) is 6.08 Å². The lowest BCUT2D eigenvalue weighted by Gasteiger charge is -2.26. The fraction of sp³-hybridized carbons (Fsp3) is 0.700. The second kappa shape index (κ2) is 7.84. The topological polar surface area (TPSA) is 46.5 Å². The molecule has 0 aliphatic carbocycles. The second-order valence-corrected chi connectivity index (χ2v) is 4.26. The maximum Gasteiger partial charge on any atom is 0.330 e. The fourth-order valence-electron chi connectivity index (χ4n) is 1.05. The van der Waals surface area contributed by atoms with E-state index in [0.717, 1.165) is 0 Å². The smallest absolute Gasteiger partial charge is 0.330 e. The first-order valence-electron chi connectivity index (χ1n) is 4.63. The monoisotopic (exact) mass is 281 g/mol. The standard InChI is InChI=1S/C10H20NO3.BrH/c1-5-6-10(13)14-8-9(12)7-11(2,3)4;/h5-6,9,12H,7-8H2,1-4H3;1H/q+1;/p-1. The third-order valence-corrected chi connectivity index (χ3v) is 1.48. The molecule has 0 aromatic rings. The first-order chi connectivity index (χ1) is 6.35. The molecule has 15 heavy (non-hydrogen) atoms. The van der Waals surface area contributed by atoms with E-state index in [1.165, 1.54) is 6.08 Å². The summed E-state index contributed by atoms with van der Waals surface area (Å²) >= 11 is 0. The molecule has 0 fully saturated rings. The summed E-state index contributed by atoms with van der Waals surface area (Å²) in [6.07, 6.45) is 2.33. The van der Waals surface area contributed by atoms with Crippen molar-refractivity contribution in [3.63, 3.8) is 0 Å². The molecule has 0 aliphatic heterocycles. The molecular weight excluding hydrogens is 262 g/mol. The van der Waals surface area contributed by atoms with Gasteiger partial charge >= 0.3 is 5.97 Å². The highest BCUT2D eigenvalue weighted by molar-refractivity contribution is 5.81. The first kappa shape index (κ1) is 17.0. The van der Waals surface area contributed by atoms with Gasteiger partial charge in [0.15, 0.2) is 0 Å². The van der Waals surface area contributed by atoms with Crippen LogP contribution in [-0.2, 0) is 9.53 Å². The molecule has 90 valence electrons. The number of carbonyl (C=O) groups excluding carboxylic acids is 1. The number of likely N-dealkylation sites (N-methyl/N-ethyl adjacent to an activating group) is 1. The van der Waals surface area contributed by atoms with Crippen molar-refractivity contribution in [2.45, 2.75) is 13.0 Å². The highest BCUT2D eigenvalue weighted by Crippen LogP contribution is 1.96. The normalized spacial score (nSPS) is 13.4. The molecule has 4 nitrogen and oxygen atoms in total. The summed E-state index contributed by atoms with van der Waals surface area (Å²) in [5.74, 6) is -0.409. The summed E-state index contributed by atoms with van der Waals surface area (Å²) in [4.78, 5) is 10.9. The van der Waals surface area contributed by atoms with Gasteiger partial charge in [0, 0.05) is 6.08 Å². The Morgan fingerprint density at radius 3 is 2.40 bits per heavy atom. The minimum atomic E-state index is -0.607. The summed E-state index contributed by atoms with van der Waals surface area (Å²) in [5, 5.41) is 9.48. The third-order valence-electron chi connectivity index (χ3n) is 1.48. The minimum absolute atomic E-state index is 0. The largest absolute Gasteiger partial charge is 1.00 e. The predicted molar refractivity (Wildman–Crippen MR) is 54.7 cm³/mol. The third kappa shape index (κ3) is 11.5. The summed E-state index contributed by atoms with van der Waals surface area (Å²) < 4.78 is 5.45. The van der Waals surface area contributed by atoms with Gasteiger partial charge in [0.1, 0.15) is 19.3 Å². The van der Waals surface area contributed by atoms with Gasteiger partial charge in [-0.25, -0.2) is 4.79 Å². The van der Waals surface area contributed by atoms with Crippen molar-refractivity contribution in [2.24, 2.45) is 0 Å². The maximum atomic E-state index is 10.9. The van der Waals surface area contributed by atoms with Crippen LogP contribution in [0.15, 0.2) is 12.2 Å². The number of aliphatic hydroxyl groups is 1. The van der Waals surface area contributed by atoms with Gasteiger partial charge in [0.25, 0.3) is 0 Å². The van der Waals surface area contributed by atoms with Crippen LogP contribution in [0.25, 0.3) is 0 Å². The number of ether oxygens (including phenoxy) is 1. The van der Waals surface area contributed by atoms with Gasteiger partial charge in [-0.15, -0.1) is 0 Å². The average Bonchev–Trinajstić information content (AvgIpc) is 1.98. The van der Waals surface area contributed by atoms with Crippen LogP contribution in [0.4, 0.5) is 0 Å². The highest BCUT2D eigenvalue weighted by Gasteiger charge is 2.16. The molecule has 5 heteroatoms. The van der Waals surface area contributed by atoms with Gasteiger partial charge in [0.05, 0.1) is 21.1 Å². The molecule has 0 bridgehead atoms. The van der Waals surface area contributed by atoms with Crippen molar-refractivity contribution < 1.29 is 36.1 Å². The number of esters is 1. The van der Waals surface area contributed by atoms with Crippen LogP contribution in [-0.4, -0.2) is 56.0 Å². The van der Waals surface area contributed by atoms with Crippen LogP contribution in [0, 0.1) is 0 Å². The van der Waals surface area contributed by atoms with E-state index in [-0.39, 0.29) is 23.6 Å². The zero-order chi connectivity index (χ0) is 11.2. The number of rotatable bonds is 5. The van der Waals surface area contributed by atoms with Crippen molar-refractivity contribution in [3.05, 3.63) is 12.2 Å². The summed E-state index contributed by atoms with van der Waals surface area (Å²) in [5.41, 5.74) is 0. The lowest BCUT2D eigenvalue weighted by molar-refractivity contribution is -0.873. The Morgan fingerprint density at radius 2 is 2.00 bits per heavy atom. The van der Waals surface area contributed by atoms with Gasteiger partial charge < -0.3 is 31.3 Å². The Bertz CT molecular complexity index is 211. The highest BCUT2D eigenvalue weighted by atomic mass is 79.9. The number of hydrogen-bond acceptors (Lipinski definition) is 3. The molecule has 1 atom stereocenters. The molecule has 1 unspecified atom stereocenters. The van der Waals surface area contributed by atoms with Crippen molar-refractivity contribution in [1.29, 1.82) is 0 Å². The number of aliphatic hydroxyl groups excluding tert-OH is 1. The van der Waals surface area contributed by atoms with Crippen LogP contribution < -0.4 is 17.0 Å². The van der Waals surface area contributed by atoms with E-state index in [0.29, 0.717) is 11.0 Å². The van der Waals surface area contributed by atoms with Crippen LogP contribution in [0.2, 0.25) is 0 Å². The van der Waals surface area contributed by atoms with Crippen molar-refractivity contribution >= 4 is 5.97 Å². The van der Waals surface area contributed by atoms with Crippen molar-refractivity contribution in [1.82, 2.24) is 0 Å².